The Bertz CT molecular complexity index is 461. The van der Waals surface area contributed by atoms with Crippen LogP contribution in [0.25, 0.3) is 0 Å². The minimum atomic E-state index is -0.327. The zero-order chi connectivity index (χ0) is 15.2. The fourth-order valence-corrected chi connectivity index (χ4v) is 2.62. The van der Waals surface area contributed by atoms with E-state index in [1.54, 1.807) is 19.2 Å². The molecule has 1 N–H and O–H groups in total. The number of ether oxygens (including phenoxy) is 3. The third kappa shape index (κ3) is 4.39. The van der Waals surface area contributed by atoms with Gasteiger partial charge in [0.2, 0.25) is 0 Å². The highest BCUT2D eigenvalue weighted by Crippen LogP contribution is 2.30. The average molecular weight is 362 g/mol. The maximum Gasteiger partial charge on any atom is 0.141 e. The van der Waals surface area contributed by atoms with E-state index in [0.29, 0.717) is 23.4 Å². The molecule has 0 heterocycles. The van der Waals surface area contributed by atoms with Gasteiger partial charge in [-0.3, -0.25) is 0 Å². The van der Waals surface area contributed by atoms with Crippen LogP contribution in [0.2, 0.25) is 0 Å². The summed E-state index contributed by atoms with van der Waals surface area (Å²) in [6.45, 7) is 4.02. The van der Waals surface area contributed by atoms with Gasteiger partial charge in [0.05, 0.1) is 17.7 Å². The van der Waals surface area contributed by atoms with E-state index >= 15 is 0 Å². The molecule has 1 aliphatic rings. The number of likely N-dealkylation sites (N-methyl/N-ethyl adjacent to an activating group) is 1. The van der Waals surface area contributed by atoms with Gasteiger partial charge >= 0.3 is 0 Å². The lowest BCUT2D eigenvalue weighted by atomic mass is 9.85. The number of halogens is 2. The zero-order valence-corrected chi connectivity index (χ0v) is 13.9. The summed E-state index contributed by atoms with van der Waals surface area (Å²) in [4.78, 5) is 0. The normalized spacial score (nSPS) is 24.7. The molecule has 1 fully saturated rings. The number of hydrogen-bond acceptors (Lipinski definition) is 4. The molecule has 6 heteroatoms. The fourth-order valence-electron chi connectivity index (χ4n) is 2.37. The van der Waals surface area contributed by atoms with Crippen molar-refractivity contribution in [2.45, 2.75) is 31.6 Å². The van der Waals surface area contributed by atoms with Crippen LogP contribution in [0, 0.1) is 5.82 Å². The Kier molecular flexibility index (Phi) is 6.41. The van der Waals surface area contributed by atoms with Gasteiger partial charge in [-0.1, -0.05) is 6.92 Å². The first-order valence-electron chi connectivity index (χ1n) is 7.11. The van der Waals surface area contributed by atoms with E-state index in [9.17, 15) is 4.39 Å². The molecular weight excluding hydrogens is 341 g/mol. The molecule has 0 aliphatic heterocycles. The van der Waals surface area contributed by atoms with Crippen molar-refractivity contribution in [3.8, 4) is 5.75 Å². The predicted octanol–water partition coefficient (Wildman–Crippen LogP) is 2.75. The molecule has 0 bridgehead atoms. The Morgan fingerprint density at radius 1 is 1.38 bits per heavy atom. The molecule has 1 aliphatic carbocycles. The van der Waals surface area contributed by atoms with E-state index in [1.165, 1.54) is 6.07 Å². The summed E-state index contributed by atoms with van der Waals surface area (Å²) in [5.74, 6) is 0.197. The van der Waals surface area contributed by atoms with E-state index in [0.717, 1.165) is 13.0 Å². The zero-order valence-electron chi connectivity index (χ0n) is 12.3. The lowest BCUT2D eigenvalue weighted by Crippen LogP contribution is -2.61. The van der Waals surface area contributed by atoms with Crippen molar-refractivity contribution in [3.05, 3.63) is 28.5 Å². The van der Waals surface area contributed by atoms with E-state index in [1.807, 2.05) is 0 Å². The monoisotopic (exact) mass is 361 g/mol. The van der Waals surface area contributed by atoms with Gasteiger partial charge in [-0.15, -0.1) is 0 Å². The highest BCUT2D eigenvalue weighted by atomic mass is 79.9. The molecule has 1 aromatic rings. The molecule has 0 amide bonds. The smallest absolute Gasteiger partial charge is 0.141 e. The molecule has 21 heavy (non-hydrogen) atoms. The van der Waals surface area contributed by atoms with Gasteiger partial charge in [-0.2, -0.15) is 0 Å². The highest BCUT2D eigenvalue weighted by Gasteiger charge is 2.43. The molecule has 1 aromatic carbocycles. The third-order valence-corrected chi connectivity index (χ3v) is 4.13. The fraction of sp³-hybridized carbons (Fsp3) is 0.600. The second-order valence-corrected chi connectivity index (χ2v) is 5.81. The molecule has 3 unspecified atom stereocenters. The summed E-state index contributed by atoms with van der Waals surface area (Å²) in [7, 11) is 1.64. The summed E-state index contributed by atoms with van der Waals surface area (Å²) in [6.07, 6.45) is 0.752. The van der Waals surface area contributed by atoms with Gasteiger partial charge in [0.25, 0.3) is 0 Å². The molecule has 3 atom stereocenters. The molecule has 0 saturated heterocycles. The van der Waals surface area contributed by atoms with Crippen molar-refractivity contribution in [1.29, 1.82) is 0 Å². The van der Waals surface area contributed by atoms with Crippen LogP contribution >= 0.6 is 15.9 Å². The second-order valence-electron chi connectivity index (χ2n) is 4.96. The van der Waals surface area contributed by atoms with Crippen LogP contribution < -0.4 is 10.1 Å². The van der Waals surface area contributed by atoms with Crippen LogP contribution in [0.3, 0.4) is 0 Å². The molecular formula is C15H21BrFNO3. The quantitative estimate of drug-likeness (QED) is 0.722. The maximum atomic E-state index is 13.5. The lowest BCUT2D eigenvalue weighted by Gasteiger charge is -2.44. The number of nitrogens with one attached hydrogen (secondary N) is 1. The topological polar surface area (TPSA) is 39.7 Å². The van der Waals surface area contributed by atoms with E-state index in [2.05, 4.69) is 28.2 Å². The molecule has 0 spiro atoms. The minimum absolute atomic E-state index is 0.0354. The van der Waals surface area contributed by atoms with Gasteiger partial charge in [-0.05, 0) is 34.6 Å². The van der Waals surface area contributed by atoms with E-state index in [4.69, 9.17) is 14.2 Å². The number of hydrogen-bond donors (Lipinski definition) is 1. The molecule has 1 saturated carbocycles. The first-order valence-corrected chi connectivity index (χ1v) is 7.90. The highest BCUT2D eigenvalue weighted by molar-refractivity contribution is 9.10. The first kappa shape index (κ1) is 16.7. The predicted molar refractivity (Wildman–Crippen MR) is 82.2 cm³/mol. The average Bonchev–Trinajstić information content (AvgIpc) is 2.46. The number of rotatable bonds is 8. The van der Waals surface area contributed by atoms with Crippen molar-refractivity contribution in [3.63, 3.8) is 0 Å². The maximum absolute atomic E-state index is 13.5. The molecule has 2 rings (SSSR count). The van der Waals surface area contributed by atoms with Crippen LogP contribution in [0.4, 0.5) is 4.39 Å². The second kappa shape index (κ2) is 8.08. The molecule has 4 nitrogen and oxygen atoms in total. The Morgan fingerprint density at radius 3 is 2.86 bits per heavy atom. The van der Waals surface area contributed by atoms with Crippen LogP contribution in [0.15, 0.2) is 22.7 Å². The van der Waals surface area contributed by atoms with Crippen molar-refractivity contribution in [2.75, 3.05) is 26.9 Å². The largest absolute Gasteiger partial charge is 0.487 e. The molecule has 118 valence electrons. The third-order valence-electron chi connectivity index (χ3n) is 3.49. The van der Waals surface area contributed by atoms with Crippen molar-refractivity contribution in [1.82, 2.24) is 5.32 Å². The van der Waals surface area contributed by atoms with E-state index in [-0.39, 0.29) is 24.1 Å². The molecule has 0 aromatic heterocycles. The minimum Gasteiger partial charge on any atom is -0.487 e. The molecule has 0 radical (unpaired) electrons. The summed E-state index contributed by atoms with van der Waals surface area (Å²) in [5, 5.41) is 3.37. The standard InChI is InChI=1S/C15H21BrFNO3/c1-3-18-13-9-14(15(13)20-7-6-19-2)21-10-4-5-11(16)12(17)8-10/h4-5,8,13-15,18H,3,6-7,9H2,1-2H3. The van der Waals surface area contributed by atoms with Crippen molar-refractivity contribution < 1.29 is 18.6 Å². The van der Waals surface area contributed by atoms with Gasteiger partial charge in [-0.25, -0.2) is 4.39 Å². The van der Waals surface area contributed by atoms with Crippen LogP contribution in [0.5, 0.6) is 5.75 Å². The van der Waals surface area contributed by atoms with E-state index < -0.39 is 0 Å². The van der Waals surface area contributed by atoms with Crippen molar-refractivity contribution >= 4 is 15.9 Å². The Morgan fingerprint density at radius 2 is 2.19 bits per heavy atom. The van der Waals surface area contributed by atoms with Crippen LogP contribution in [0.1, 0.15) is 13.3 Å². The lowest BCUT2D eigenvalue weighted by molar-refractivity contribution is -0.115. The Labute approximate surface area is 133 Å². The van der Waals surface area contributed by atoms with Crippen LogP contribution in [-0.2, 0) is 9.47 Å². The van der Waals surface area contributed by atoms with Gasteiger partial charge in [0.15, 0.2) is 0 Å². The summed E-state index contributed by atoms with van der Waals surface area (Å²) < 4.78 is 30.6. The number of benzene rings is 1. The summed E-state index contributed by atoms with van der Waals surface area (Å²) in [5.41, 5.74) is 0. The Balaban J connectivity index is 1.92. The van der Waals surface area contributed by atoms with Crippen molar-refractivity contribution in [2.24, 2.45) is 0 Å². The van der Waals surface area contributed by atoms with Crippen LogP contribution in [-0.4, -0.2) is 45.1 Å². The first-order chi connectivity index (χ1) is 10.2. The number of methoxy groups -OCH3 is 1. The SMILES string of the molecule is CCNC1CC(Oc2ccc(Br)c(F)c2)C1OCCOC. The van der Waals surface area contributed by atoms with Gasteiger partial charge in [0, 0.05) is 25.6 Å². The summed E-state index contributed by atoms with van der Waals surface area (Å²) in [6, 6.07) is 5.06. The summed E-state index contributed by atoms with van der Waals surface area (Å²) >= 11 is 3.13. The Hall–Kier alpha value is -0.690. The van der Waals surface area contributed by atoms with Gasteiger partial charge in [0.1, 0.15) is 23.8 Å². The van der Waals surface area contributed by atoms with Gasteiger partial charge < -0.3 is 19.5 Å².